The van der Waals surface area contributed by atoms with Gasteiger partial charge in [0, 0.05) is 22.4 Å². The van der Waals surface area contributed by atoms with Gasteiger partial charge < -0.3 is 4.74 Å². The molecule has 0 radical (unpaired) electrons. The third-order valence-corrected chi connectivity index (χ3v) is 5.75. The van der Waals surface area contributed by atoms with Crippen LogP contribution < -0.4 is 11.3 Å². The molecular formula is C13H21BrN2OS. The lowest BCUT2D eigenvalue weighted by Crippen LogP contribution is -2.54. The second kappa shape index (κ2) is 6.48. The Morgan fingerprint density at radius 1 is 1.56 bits per heavy atom. The van der Waals surface area contributed by atoms with Crippen molar-refractivity contribution in [1.82, 2.24) is 5.43 Å². The van der Waals surface area contributed by atoms with Crippen LogP contribution in [0.3, 0.4) is 0 Å². The summed E-state index contributed by atoms with van der Waals surface area (Å²) < 4.78 is 7.26. The first kappa shape index (κ1) is 14.5. The third kappa shape index (κ3) is 2.96. The van der Waals surface area contributed by atoms with E-state index in [1.807, 2.05) is 0 Å². The molecule has 0 amide bonds. The molecule has 3 N–H and O–H groups in total. The van der Waals surface area contributed by atoms with E-state index in [2.05, 4.69) is 39.7 Å². The zero-order valence-corrected chi connectivity index (χ0v) is 13.1. The van der Waals surface area contributed by atoms with Gasteiger partial charge in [-0.05, 0) is 47.1 Å². The van der Waals surface area contributed by atoms with Gasteiger partial charge in [0.25, 0.3) is 0 Å². The van der Waals surface area contributed by atoms with Gasteiger partial charge in [-0.2, -0.15) is 0 Å². The topological polar surface area (TPSA) is 47.3 Å². The van der Waals surface area contributed by atoms with Crippen LogP contribution >= 0.6 is 27.3 Å². The molecule has 0 spiro atoms. The van der Waals surface area contributed by atoms with Crippen LogP contribution in [0.1, 0.15) is 37.5 Å². The molecule has 0 saturated heterocycles. The molecule has 3 nitrogen and oxygen atoms in total. The zero-order valence-electron chi connectivity index (χ0n) is 10.7. The number of ether oxygens (including phenoxy) is 1. The molecule has 1 aromatic rings. The number of thiophene rings is 1. The van der Waals surface area contributed by atoms with Gasteiger partial charge in [-0.1, -0.05) is 12.8 Å². The average molecular weight is 333 g/mol. The van der Waals surface area contributed by atoms with Gasteiger partial charge in [-0.3, -0.25) is 11.3 Å². The number of nitrogens with two attached hydrogens (primary N) is 1. The predicted octanol–water partition coefficient (Wildman–Crippen LogP) is 3.23. The first-order valence-corrected chi connectivity index (χ1v) is 8.21. The van der Waals surface area contributed by atoms with Crippen molar-refractivity contribution in [3.63, 3.8) is 0 Å². The predicted molar refractivity (Wildman–Crippen MR) is 79.7 cm³/mol. The van der Waals surface area contributed by atoms with E-state index in [0.717, 1.165) is 25.9 Å². The van der Waals surface area contributed by atoms with Crippen molar-refractivity contribution >= 4 is 27.3 Å². The fourth-order valence-corrected chi connectivity index (χ4v) is 4.47. The number of halogens is 1. The van der Waals surface area contributed by atoms with Crippen molar-refractivity contribution in [3.8, 4) is 0 Å². The highest BCUT2D eigenvalue weighted by Gasteiger charge is 2.42. The SMILES string of the molecule is CCOC1(C(Cc2sccc2Br)NN)CCCC1. The number of hydrogen-bond donors (Lipinski definition) is 2. The monoisotopic (exact) mass is 332 g/mol. The Bertz CT molecular complexity index is 377. The van der Waals surface area contributed by atoms with Crippen LogP contribution in [-0.2, 0) is 11.2 Å². The van der Waals surface area contributed by atoms with Gasteiger partial charge in [0.05, 0.1) is 11.6 Å². The minimum atomic E-state index is -0.0765. The van der Waals surface area contributed by atoms with E-state index in [-0.39, 0.29) is 11.6 Å². The van der Waals surface area contributed by atoms with E-state index in [1.54, 1.807) is 11.3 Å². The molecule has 5 heteroatoms. The molecule has 1 aliphatic carbocycles. The van der Waals surface area contributed by atoms with Crippen molar-refractivity contribution in [1.29, 1.82) is 0 Å². The van der Waals surface area contributed by atoms with Crippen LogP contribution in [0.15, 0.2) is 15.9 Å². The second-order valence-electron chi connectivity index (χ2n) is 4.82. The normalized spacial score (nSPS) is 20.2. The fraction of sp³-hybridized carbons (Fsp3) is 0.692. The number of hydrogen-bond acceptors (Lipinski definition) is 4. The summed E-state index contributed by atoms with van der Waals surface area (Å²) in [5.74, 6) is 5.79. The second-order valence-corrected chi connectivity index (χ2v) is 6.67. The molecule has 102 valence electrons. The lowest BCUT2D eigenvalue weighted by molar-refractivity contribution is -0.0612. The molecule has 0 aromatic carbocycles. The van der Waals surface area contributed by atoms with E-state index in [9.17, 15) is 0 Å². The molecule has 0 bridgehead atoms. The molecule has 2 rings (SSSR count). The summed E-state index contributed by atoms with van der Waals surface area (Å²) in [5.41, 5.74) is 2.92. The Morgan fingerprint density at radius 2 is 2.28 bits per heavy atom. The average Bonchev–Trinajstić information content (AvgIpc) is 2.97. The highest BCUT2D eigenvalue weighted by Crippen LogP contribution is 2.38. The minimum Gasteiger partial charge on any atom is -0.374 e. The molecule has 18 heavy (non-hydrogen) atoms. The number of rotatable bonds is 6. The van der Waals surface area contributed by atoms with Crippen LogP contribution in [0.25, 0.3) is 0 Å². The van der Waals surface area contributed by atoms with Crippen LogP contribution in [-0.4, -0.2) is 18.2 Å². The number of hydrazine groups is 1. The van der Waals surface area contributed by atoms with Gasteiger partial charge in [0.2, 0.25) is 0 Å². The highest BCUT2D eigenvalue weighted by molar-refractivity contribution is 9.10. The number of nitrogens with one attached hydrogen (secondary N) is 1. The minimum absolute atomic E-state index is 0.0765. The Morgan fingerprint density at radius 3 is 2.78 bits per heavy atom. The maximum Gasteiger partial charge on any atom is 0.0851 e. The molecule has 1 aliphatic rings. The zero-order chi connectivity index (χ0) is 13.0. The Labute approximate surface area is 121 Å². The lowest BCUT2D eigenvalue weighted by Gasteiger charge is -2.37. The Kier molecular flexibility index (Phi) is 5.21. The molecule has 1 aromatic heterocycles. The molecule has 1 heterocycles. The summed E-state index contributed by atoms with van der Waals surface area (Å²) in [6.07, 6.45) is 5.62. The fourth-order valence-electron chi connectivity index (χ4n) is 2.91. The molecule has 1 saturated carbocycles. The molecule has 1 atom stereocenters. The van der Waals surface area contributed by atoms with Crippen LogP contribution in [0.5, 0.6) is 0 Å². The van der Waals surface area contributed by atoms with Gasteiger partial charge >= 0.3 is 0 Å². The summed E-state index contributed by atoms with van der Waals surface area (Å²) in [6.45, 7) is 2.82. The molecule has 0 aliphatic heterocycles. The maximum absolute atomic E-state index is 6.08. The van der Waals surface area contributed by atoms with E-state index in [0.29, 0.717) is 0 Å². The van der Waals surface area contributed by atoms with E-state index >= 15 is 0 Å². The van der Waals surface area contributed by atoms with Gasteiger partial charge in [0.15, 0.2) is 0 Å². The highest BCUT2D eigenvalue weighted by atomic mass is 79.9. The van der Waals surface area contributed by atoms with Crippen molar-refractivity contribution in [2.24, 2.45) is 5.84 Å². The van der Waals surface area contributed by atoms with Crippen LogP contribution in [0.4, 0.5) is 0 Å². The van der Waals surface area contributed by atoms with Crippen LogP contribution in [0.2, 0.25) is 0 Å². The first-order valence-electron chi connectivity index (χ1n) is 6.54. The van der Waals surface area contributed by atoms with Crippen molar-refractivity contribution in [2.45, 2.75) is 50.7 Å². The molecule has 1 fully saturated rings. The van der Waals surface area contributed by atoms with E-state index in [1.165, 1.54) is 22.2 Å². The summed E-state index contributed by atoms with van der Waals surface area (Å²) >= 11 is 5.36. The summed E-state index contributed by atoms with van der Waals surface area (Å²) in [5, 5.41) is 2.11. The van der Waals surface area contributed by atoms with Crippen molar-refractivity contribution < 1.29 is 4.74 Å². The van der Waals surface area contributed by atoms with Gasteiger partial charge in [-0.15, -0.1) is 11.3 Å². The molecular weight excluding hydrogens is 312 g/mol. The lowest BCUT2D eigenvalue weighted by atomic mass is 9.89. The quantitative estimate of drug-likeness (QED) is 0.621. The van der Waals surface area contributed by atoms with Gasteiger partial charge in [-0.25, -0.2) is 0 Å². The Balaban J connectivity index is 2.13. The summed E-state index contributed by atoms with van der Waals surface area (Å²) in [7, 11) is 0. The molecule has 1 unspecified atom stereocenters. The maximum atomic E-state index is 6.08. The third-order valence-electron chi connectivity index (χ3n) is 3.80. The largest absolute Gasteiger partial charge is 0.374 e. The van der Waals surface area contributed by atoms with Crippen LogP contribution in [0, 0.1) is 0 Å². The standard InChI is InChI=1S/C13H21BrN2OS/c1-2-17-13(6-3-4-7-13)12(16-15)9-11-10(14)5-8-18-11/h5,8,12,16H,2-4,6-7,9,15H2,1H3. The smallest absolute Gasteiger partial charge is 0.0851 e. The van der Waals surface area contributed by atoms with Gasteiger partial charge in [0.1, 0.15) is 0 Å². The first-order chi connectivity index (χ1) is 8.72. The summed E-state index contributed by atoms with van der Waals surface area (Å²) in [4.78, 5) is 1.34. The van der Waals surface area contributed by atoms with Crippen molar-refractivity contribution in [2.75, 3.05) is 6.61 Å². The summed E-state index contributed by atoms with van der Waals surface area (Å²) in [6, 6.07) is 2.28. The van der Waals surface area contributed by atoms with E-state index in [4.69, 9.17) is 10.6 Å². The van der Waals surface area contributed by atoms with E-state index < -0.39 is 0 Å². The van der Waals surface area contributed by atoms with Crippen molar-refractivity contribution in [3.05, 3.63) is 20.8 Å². The Hall–Kier alpha value is 0.0600.